The second-order valence-corrected chi connectivity index (χ2v) is 5.50. The first-order valence-electron chi connectivity index (χ1n) is 7.18. The number of H-pyrrole nitrogens is 1. The Morgan fingerprint density at radius 2 is 2.10 bits per heavy atom. The maximum atomic E-state index is 4.28. The quantitative estimate of drug-likeness (QED) is 0.798. The molecular formula is C17H20N4. The molecule has 0 spiro atoms. The molecule has 1 N–H and O–H groups in total. The second kappa shape index (κ2) is 5.56. The smallest absolute Gasteiger partial charge is 0.0921 e. The van der Waals surface area contributed by atoms with Crippen molar-refractivity contribution in [3.05, 3.63) is 71.1 Å². The van der Waals surface area contributed by atoms with Gasteiger partial charge < -0.3 is 4.98 Å². The van der Waals surface area contributed by atoms with Gasteiger partial charge in [-0.3, -0.25) is 4.68 Å². The van der Waals surface area contributed by atoms with E-state index in [9.17, 15) is 0 Å². The van der Waals surface area contributed by atoms with E-state index < -0.39 is 0 Å². The third-order valence-corrected chi connectivity index (χ3v) is 4.25. The van der Waals surface area contributed by atoms with Crippen molar-refractivity contribution in [2.24, 2.45) is 7.05 Å². The van der Waals surface area contributed by atoms with E-state index in [0.717, 1.165) is 12.1 Å². The maximum Gasteiger partial charge on any atom is 0.0921 e. The highest BCUT2D eigenvalue weighted by Crippen LogP contribution is 2.30. The van der Waals surface area contributed by atoms with Gasteiger partial charge in [-0.1, -0.05) is 18.2 Å². The Morgan fingerprint density at radius 3 is 2.76 bits per heavy atom. The maximum absolute atomic E-state index is 4.28. The molecule has 1 aromatic carbocycles. The summed E-state index contributed by atoms with van der Waals surface area (Å²) in [6.45, 7) is 4.35. The summed E-state index contributed by atoms with van der Waals surface area (Å²) in [5.41, 5.74) is 6.38. The minimum atomic E-state index is 0.266. The van der Waals surface area contributed by atoms with Crippen molar-refractivity contribution in [3.8, 4) is 0 Å². The van der Waals surface area contributed by atoms with Crippen LogP contribution in [0.4, 0.5) is 0 Å². The molecule has 0 saturated heterocycles. The van der Waals surface area contributed by atoms with Gasteiger partial charge in [0.1, 0.15) is 0 Å². The number of imidazole rings is 1. The van der Waals surface area contributed by atoms with Crippen LogP contribution in [0.2, 0.25) is 0 Å². The van der Waals surface area contributed by atoms with E-state index in [1.807, 2.05) is 24.1 Å². The Morgan fingerprint density at radius 1 is 1.24 bits per heavy atom. The van der Waals surface area contributed by atoms with Crippen LogP contribution in [-0.2, 0) is 13.5 Å². The zero-order chi connectivity index (χ0) is 14.8. The number of nitrogens with zero attached hydrogens (tertiary/aromatic N) is 3. The number of nitrogens with one attached hydrogen (secondary N) is 1. The topological polar surface area (TPSA) is 46.5 Å². The lowest BCUT2D eigenvalue weighted by Crippen LogP contribution is -2.11. The van der Waals surface area contributed by atoms with Gasteiger partial charge in [0.25, 0.3) is 0 Å². The summed E-state index contributed by atoms with van der Waals surface area (Å²) in [4.78, 5) is 7.47. The molecule has 0 amide bonds. The van der Waals surface area contributed by atoms with E-state index in [-0.39, 0.29) is 5.92 Å². The first-order valence-corrected chi connectivity index (χ1v) is 7.18. The molecule has 3 rings (SSSR count). The molecule has 3 aromatic rings. The van der Waals surface area contributed by atoms with Crippen molar-refractivity contribution >= 4 is 0 Å². The molecule has 0 unspecified atom stereocenters. The highest BCUT2D eigenvalue weighted by Gasteiger charge is 2.20. The fourth-order valence-electron chi connectivity index (χ4n) is 2.81. The molecule has 2 heterocycles. The number of benzene rings is 1. The minimum Gasteiger partial charge on any atom is -0.348 e. The fourth-order valence-corrected chi connectivity index (χ4v) is 2.81. The van der Waals surface area contributed by atoms with Gasteiger partial charge >= 0.3 is 0 Å². The van der Waals surface area contributed by atoms with Crippen molar-refractivity contribution in [1.82, 2.24) is 19.7 Å². The highest BCUT2D eigenvalue weighted by atomic mass is 15.2. The van der Waals surface area contributed by atoms with E-state index in [0.29, 0.717) is 0 Å². The van der Waals surface area contributed by atoms with Crippen molar-refractivity contribution in [2.75, 3.05) is 0 Å². The SMILES string of the molecule is Cc1cccc([C@H](Cc2ccnn2C)c2cnc[nH]2)c1C. The average molecular weight is 280 g/mol. The molecule has 0 saturated carbocycles. The number of hydrogen-bond acceptors (Lipinski definition) is 2. The van der Waals surface area contributed by atoms with Gasteiger partial charge in [0.2, 0.25) is 0 Å². The van der Waals surface area contributed by atoms with Crippen LogP contribution in [0.1, 0.15) is 34.0 Å². The standard InChI is InChI=1S/C17H20N4/c1-12-5-4-6-15(13(12)2)16(17-10-18-11-19-17)9-14-7-8-20-21(14)3/h4-8,10-11,16H,9H2,1-3H3,(H,18,19)/t16-/m0/s1. The number of aromatic amines is 1. The molecule has 21 heavy (non-hydrogen) atoms. The largest absolute Gasteiger partial charge is 0.348 e. The van der Waals surface area contributed by atoms with Crippen LogP contribution >= 0.6 is 0 Å². The lowest BCUT2D eigenvalue weighted by Gasteiger charge is -2.19. The van der Waals surface area contributed by atoms with Crippen LogP contribution in [0.5, 0.6) is 0 Å². The summed E-state index contributed by atoms with van der Waals surface area (Å²) in [6.07, 6.45) is 6.42. The van der Waals surface area contributed by atoms with E-state index in [4.69, 9.17) is 0 Å². The number of hydrogen-bond donors (Lipinski definition) is 1. The van der Waals surface area contributed by atoms with Gasteiger partial charge in [-0.05, 0) is 36.6 Å². The van der Waals surface area contributed by atoms with Crippen molar-refractivity contribution in [1.29, 1.82) is 0 Å². The van der Waals surface area contributed by atoms with Crippen LogP contribution in [0.3, 0.4) is 0 Å². The Bertz CT molecular complexity index is 725. The van der Waals surface area contributed by atoms with Crippen LogP contribution in [0.25, 0.3) is 0 Å². The predicted octanol–water partition coefficient (Wildman–Crippen LogP) is 3.13. The lowest BCUT2D eigenvalue weighted by atomic mass is 9.87. The molecule has 0 aliphatic heterocycles. The van der Waals surface area contributed by atoms with E-state index in [1.54, 1.807) is 6.33 Å². The van der Waals surface area contributed by atoms with Crippen LogP contribution in [0.15, 0.2) is 43.0 Å². The Kier molecular flexibility index (Phi) is 3.60. The van der Waals surface area contributed by atoms with Gasteiger partial charge in [0.15, 0.2) is 0 Å². The summed E-state index contributed by atoms with van der Waals surface area (Å²) in [7, 11) is 1.99. The van der Waals surface area contributed by atoms with Gasteiger partial charge in [0.05, 0.1) is 6.33 Å². The zero-order valence-electron chi connectivity index (χ0n) is 12.7. The van der Waals surface area contributed by atoms with Crippen LogP contribution in [0, 0.1) is 13.8 Å². The van der Waals surface area contributed by atoms with E-state index >= 15 is 0 Å². The van der Waals surface area contributed by atoms with Crippen molar-refractivity contribution in [2.45, 2.75) is 26.2 Å². The molecule has 0 bridgehead atoms. The van der Waals surface area contributed by atoms with Crippen LogP contribution in [-0.4, -0.2) is 19.7 Å². The van der Waals surface area contributed by atoms with Crippen molar-refractivity contribution < 1.29 is 0 Å². The van der Waals surface area contributed by atoms with Crippen molar-refractivity contribution in [3.63, 3.8) is 0 Å². The Balaban J connectivity index is 2.05. The lowest BCUT2D eigenvalue weighted by molar-refractivity contribution is 0.665. The fraction of sp³-hybridized carbons (Fsp3) is 0.294. The molecule has 4 nitrogen and oxygen atoms in total. The van der Waals surface area contributed by atoms with Gasteiger partial charge in [-0.25, -0.2) is 4.98 Å². The number of aromatic nitrogens is 4. The number of aryl methyl sites for hydroxylation is 2. The molecule has 1 atom stereocenters. The molecule has 0 radical (unpaired) electrons. The van der Waals surface area contributed by atoms with Crippen LogP contribution < -0.4 is 0 Å². The summed E-state index contributed by atoms with van der Waals surface area (Å²) < 4.78 is 1.94. The summed E-state index contributed by atoms with van der Waals surface area (Å²) in [5, 5.41) is 4.28. The van der Waals surface area contributed by atoms with E-state index in [1.165, 1.54) is 22.4 Å². The summed E-state index contributed by atoms with van der Waals surface area (Å²) in [5.74, 6) is 0.266. The Labute approximate surface area is 124 Å². The number of rotatable bonds is 4. The third kappa shape index (κ3) is 2.61. The highest BCUT2D eigenvalue weighted by molar-refractivity contribution is 5.40. The first kappa shape index (κ1) is 13.6. The Hall–Kier alpha value is -2.36. The molecule has 0 aliphatic rings. The predicted molar refractivity (Wildman–Crippen MR) is 83.3 cm³/mol. The first-order chi connectivity index (χ1) is 10.2. The molecule has 4 heteroatoms. The second-order valence-electron chi connectivity index (χ2n) is 5.50. The molecule has 0 fully saturated rings. The molecule has 2 aromatic heterocycles. The normalized spacial score (nSPS) is 12.5. The van der Waals surface area contributed by atoms with E-state index in [2.05, 4.69) is 53.2 Å². The van der Waals surface area contributed by atoms with Gasteiger partial charge in [-0.15, -0.1) is 0 Å². The zero-order valence-corrected chi connectivity index (χ0v) is 12.7. The molecular weight excluding hydrogens is 260 g/mol. The minimum absolute atomic E-state index is 0.266. The molecule has 108 valence electrons. The monoisotopic (exact) mass is 280 g/mol. The molecule has 0 aliphatic carbocycles. The average Bonchev–Trinajstić information content (AvgIpc) is 3.12. The summed E-state index contributed by atoms with van der Waals surface area (Å²) in [6, 6.07) is 8.58. The third-order valence-electron chi connectivity index (χ3n) is 4.25. The summed E-state index contributed by atoms with van der Waals surface area (Å²) >= 11 is 0. The van der Waals surface area contributed by atoms with Gasteiger partial charge in [0, 0.05) is 43.2 Å². The van der Waals surface area contributed by atoms with Gasteiger partial charge in [-0.2, -0.15) is 5.10 Å².